The van der Waals surface area contributed by atoms with Crippen molar-refractivity contribution in [1.29, 1.82) is 0 Å². The van der Waals surface area contributed by atoms with Crippen LogP contribution in [0.3, 0.4) is 0 Å². The number of aliphatic hydroxyl groups excluding tert-OH is 1. The molecule has 3 fully saturated rings. The third-order valence-electron chi connectivity index (χ3n) is 6.37. The molecule has 0 bridgehead atoms. The summed E-state index contributed by atoms with van der Waals surface area (Å²) in [7, 11) is 0. The number of carbonyl (C=O) groups excluding carboxylic acids is 2. The zero-order valence-corrected chi connectivity index (χ0v) is 13.9. The highest BCUT2D eigenvalue weighted by molar-refractivity contribution is 6.18. The summed E-state index contributed by atoms with van der Waals surface area (Å²) < 4.78 is 5.46. The molecule has 2 N–H and O–H groups in total. The molecular weight excluding hydrogens is 306 g/mol. The zero-order valence-electron chi connectivity index (χ0n) is 13.2. The zero-order chi connectivity index (χ0) is 16.2. The molecule has 1 aliphatic carbocycles. The summed E-state index contributed by atoms with van der Waals surface area (Å²) in [6.45, 7) is 3.53. The SMILES string of the molecule is C[C@@]12OC(=O)[C@]1([C@@H](O)C1CCCCC1)NC(=O)[C@]2(C)CCCl. The van der Waals surface area contributed by atoms with Gasteiger partial charge in [-0.15, -0.1) is 11.6 Å². The van der Waals surface area contributed by atoms with Gasteiger partial charge in [0.05, 0.1) is 11.5 Å². The topological polar surface area (TPSA) is 75.6 Å². The Hall–Kier alpha value is -0.810. The summed E-state index contributed by atoms with van der Waals surface area (Å²) in [6, 6.07) is 0. The van der Waals surface area contributed by atoms with Gasteiger partial charge in [0.1, 0.15) is 0 Å². The minimum atomic E-state index is -1.31. The largest absolute Gasteiger partial charge is 0.453 e. The number of carbonyl (C=O) groups is 2. The van der Waals surface area contributed by atoms with E-state index < -0.39 is 28.6 Å². The molecular formula is C16H24ClNO4. The molecule has 2 aliphatic heterocycles. The minimum Gasteiger partial charge on any atom is -0.453 e. The lowest BCUT2D eigenvalue weighted by Gasteiger charge is -2.57. The van der Waals surface area contributed by atoms with E-state index in [4.69, 9.17) is 16.3 Å². The number of aliphatic hydroxyl groups is 1. The first-order valence-corrected chi connectivity index (χ1v) is 8.67. The predicted molar refractivity (Wildman–Crippen MR) is 81.4 cm³/mol. The Bertz CT molecular complexity index is 506. The number of nitrogens with one attached hydrogen (secondary N) is 1. The van der Waals surface area contributed by atoms with Crippen molar-refractivity contribution in [2.75, 3.05) is 5.88 Å². The second-order valence-electron chi connectivity index (χ2n) is 7.30. The van der Waals surface area contributed by atoms with Crippen LogP contribution >= 0.6 is 11.6 Å². The highest BCUT2D eigenvalue weighted by Gasteiger charge is 2.83. The highest BCUT2D eigenvalue weighted by atomic mass is 35.5. The number of esters is 1. The lowest BCUT2D eigenvalue weighted by atomic mass is 9.58. The van der Waals surface area contributed by atoms with Crippen molar-refractivity contribution in [3.63, 3.8) is 0 Å². The number of halogens is 1. The molecule has 1 saturated carbocycles. The molecule has 22 heavy (non-hydrogen) atoms. The molecule has 0 radical (unpaired) electrons. The van der Waals surface area contributed by atoms with Gasteiger partial charge in [0.2, 0.25) is 11.4 Å². The Morgan fingerprint density at radius 1 is 1.32 bits per heavy atom. The van der Waals surface area contributed by atoms with Crippen molar-refractivity contribution in [2.24, 2.45) is 11.3 Å². The highest BCUT2D eigenvalue weighted by Crippen LogP contribution is 2.59. The molecule has 3 aliphatic rings. The molecule has 3 rings (SSSR count). The Balaban J connectivity index is 1.97. The van der Waals surface area contributed by atoms with Crippen molar-refractivity contribution in [2.45, 2.75) is 69.6 Å². The molecule has 0 unspecified atom stereocenters. The van der Waals surface area contributed by atoms with E-state index >= 15 is 0 Å². The number of fused-ring (bicyclic) bond motifs is 1. The van der Waals surface area contributed by atoms with E-state index in [1.54, 1.807) is 13.8 Å². The molecule has 2 heterocycles. The maximum absolute atomic E-state index is 12.6. The van der Waals surface area contributed by atoms with Crippen LogP contribution in [0.5, 0.6) is 0 Å². The van der Waals surface area contributed by atoms with Crippen LogP contribution in [0.15, 0.2) is 0 Å². The lowest BCUT2D eigenvalue weighted by Crippen LogP contribution is -2.81. The van der Waals surface area contributed by atoms with Gasteiger partial charge in [0.15, 0.2) is 5.60 Å². The molecule has 0 aromatic carbocycles. The standard InChI is InChI=1S/C16H24ClNO4/c1-14(8-9-17)12(20)18-16(13(21)22-15(14,16)2)11(19)10-6-4-3-5-7-10/h10-11,19H,3-9H2,1-2H3,(H,18,20)/t11-,14-,15-,16-/m0/s1. The molecule has 4 atom stereocenters. The summed E-state index contributed by atoms with van der Waals surface area (Å²) in [5, 5.41) is 13.8. The first kappa shape index (κ1) is 16.1. The maximum Gasteiger partial charge on any atom is 0.339 e. The summed E-state index contributed by atoms with van der Waals surface area (Å²) >= 11 is 5.86. The monoisotopic (exact) mass is 329 g/mol. The van der Waals surface area contributed by atoms with Crippen LogP contribution in [0.2, 0.25) is 0 Å². The van der Waals surface area contributed by atoms with Gasteiger partial charge in [-0.3, -0.25) is 4.79 Å². The lowest BCUT2D eigenvalue weighted by molar-refractivity contribution is -0.251. The fourth-order valence-corrected chi connectivity index (χ4v) is 4.95. The van der Waals surface area contributed by atoms with E-state index in [-0.39, 0.29) is 11.8 Å². The fourth-order valence-electron chi connectivity index (χ4n) is 4.57. The van der Waals surface area contributed by atoms with Gasteiger partial charge >= 0.3 is 5.97 Å². The number of rotatable bonds is 4. The predicted octanol–water partition coefficient (Wildman–Crippen LogP) is 1.75. The van der Waals surface area contributed by atoms with Crippen LogP contribution in [0.1, 0.15) is 52.4 Å². The average Bonchev–Trinajstić information content (AvgIpc) is 2.64. The Labute approximate surface area is 135 Å². The van der Waals surface area contributed by atoms with Crippen molar-refractivity contribution >= 4 is 23.5 Å². The molecule has 5 nitrogen and oxygen atoms in total. The van der Waals surface area contributed by atoms with Crippen LogP contribution in [0.25, 0.3) is 0 Å². The summed E-state index contributed by atoms with van der Waals surface area (Å²) in [4.78, 5) is 24.9. The molecule has 1 amide bonds. The van der Waals surface area contributed by atoms with Crippen molar-refractivity contribution in [3.8, 4) is 0 Å². The van der Waals surface area contributed by atoms with E-state index in [1.165, 1.54) is 0 Å². The van der Waals surface area contributed by atoms with E-state index in [0.717, 1.165) is 32.1 Å². The number of alkyl halides is 1. The molecule has 2 saturated heterocycles. The first-order chi connectivity index (χ1) is 10.3. The van der Waals surface area contributed by atoms with Crippen LogP contribution in [-0.4, -0.2) is 40.1 Å². The van der Waals surface area contributed by atoms with Gasteiger partial charge in [0, 0.05) is 5.88 Å². The molecule has 0 aromatic heterocycles. The smallest absolute Gasteiger partial charge is 0.339 e. The van der Waals surface area contributed by atoms with E-state index in [1.807, 2.05) is 0 Å². The van der Waals surface area contributed by atoms with Gasteiger partial charge in [0.25, 0.3) is 0 Å². The fraction of sp³-hybridized carbons (Fsp3) is 0.875. The van der Waals surface area contributed by atoms with Crippen molar-refractivity contribution in [3.05, 3.63) is 0 Å². The van der Waals surface area contributed by atoms with E-state index in [9.17, 15) is 14.7 Å². The Morgan fingerprint density at radius 2 is 1.95 bits per heavy atom. The minimum absolute atomic E-state index is 0.0274. The van der Waals surface area contributed by atoms with Crippen LogP contribution in [0, 0.1) is 11.3 Å². The van der Waals surface area contributed by atoms with Crippen LogP contribution in [-0.2, 0) is 14.3 Å². The van der Waals surface area contributed by atoms with Crippen molar-refractivity contribution in [1.82, 2.24) is 5.32 Å². The molecule has 0 aromatic rings. The van der Waals surface area contributed by atoms with Gasteiger partial charge in [-0.2, -0.15) is 0 Å². The van der Waals surface area contributed by atoms with Gasteiger partial charge in [-0.05, 0) is 39.0 Å². The first-order valence-electron chi connectivity index (χ1n) is 8.13. The normalized spacial score (nSPS) is 43.1. The molecule has 0 spiro atoms. The molecule has 6 heteroatoms. The number of amides is 1. The van der Waals surface area contributed by atoms with Gasteiger partial charge in [-0.25, -0.2) is 4.79 Å². The maximum atomic E-state index is 12.6. The van der Waals surface area contributed by atoms with Gasteiger partial charge in [-0.1, -0.05) is 19.3 Å². The summed E-state index contributed by atoms with van der Waals surface area (Å²) in [6.07, 6.45) is 4.54. The van der Waals surface area contributed by atoms with Gasteiger partial charge < -0.3 is 15.2 Å². The Morgan fingerprint density at radius 3 is 2.50 bits per heavy atom. The summed E-state index contributed by atoms with van der Waals surface area (Å²) in [5.41, 5.74) is -3.26. The number of hydrogen-bond acceptors (Lipinski definition) is 4. The third-order valence-corrected chi connectivity index (χ3v) is 6.56. The second kappa shape index (κ2) is 5.10. The Kier molecular flexibility index (Phi) is 3.72. The summed E-state index contributed by atoms with van der Waals surface area (Å²) in [5.74, 6) is -0.442. The van der Waals surface area contributed by atoms with Crippen LogP contribution in [0.4, 0.5) is 0 Å². The average molecular weight is 330 g/mol. The number of hydrogen-bond donors (Lipinski definition) is 2. The van der Waals surface area contributed by atoms with Crippen LogP contribution < -0.4 is 5.32 Å². The third kappa shape index (κ3) is 1.70. The number of ether oxygens (including phenoxy) is 1. The van der Waals surface area contributed by atoms with E-state index in [2.05, 4.69) is 5.32 Å². The van der Waals surface area contributed by atoms with Crippen molar-refractivity contribution < 1.29 is 19.4 Å². The molecule has 124 valence electrons. The second-order valence-corrected chi connectivity index (χ2v) is 7.68. The quantitative estimate of drug-likeness (QED) is 0.608. The van der Waals surface area contributed by atoms with E-state index in [0.29, 0.717) is 12.3 Å².